The Kier molecular flexibility index (Phi) is 5.03. The highest BCUT2D eigenvalue weighted by Crippen LogP contribution is 2.32. The van der Waals surface area contributed by atoms with Gasteiger partial charge in [0.25, 0.3) is 0 Å². The highest BCUT2D eigenvalue weighted by Gasteiger charge is 2.32. The van der Waals surface area contributed by atoms with Gasteiger partial charge in [0.2, 0.25) is 10.0 Å². The second-order valence-corrected chi connectivity index (χ2v) is 11.1. The van der Waals surface area contributed by atoms with Gasteiger partial charge in [-0.25, -0.2) is 8.42 Å². The molecule has 0 N–H and O–H groups in total. The van der Waals surface area contributed by atoms with Crippen LogP contribution in [0.15, 0.2) is 27.9 Å². The molecular formula is C20H25N5O3S2. The van der Waals surface area contributed by atoms with Gasteiger partial charge < -0.3 is 9.13 Å². The van der Waals surface area contributed by atoms with Crippen LogP contribution >= 0.6 is 11.3 Å². The smallest absolute Gasteiger partial charge is 0.307 e. The summed E-state index contributed by atoms with van der Waals surface area (Å²) in [7, 11) is -1.89. The first-order valence-corrected chi connectivity index (χ1v) is 12.7. The van der Waals surface area contributed by atoms with Crippen molar-refractivity contribution in [3.05, 3.63) is 39.5 Å². The van der Waals surface area contributed by atoms with Crippen molar-refractivity contribution in [2.45, 2.75) is 55.9 Å². The highest BCUT2D eigenvalue weighted by atomic mass is 32.2. The van der Waals surface area contributed by atoms with E-state index in [1.165, 1.54) is 6.42 Å². The minimum Gasteiger partial charge on any atom is -0.315 e. The number of benzene rings is 1. The molecule has 3 aromatic rings. The first kappa shape index (κ1) is 19.9. The van der Waals surface area contributed by atoms with E-state index in [0.717, 1.165) is 67.2 Å². The summed E-state index contributed by atoms with van der Waals surface area (Å²) in [5, 5.41) is 8.87. The van der Waals surface area contributed by atoms with Gasteiger partial charge in [-0.1, -0.05) is 17.8 Å². The lowest BCUT2D eigenvalue weighted by Crippen LogP contribution is -2.38. The van der Waals surface area contributed by atoms with Crippen molar-refractivity contribution in [2.75, 3.05) is 13.1 Å². The van der Waals surface area contributed by atoms with Gasteiger partial charge in [-0.3, -0.25) is 4.79 Å². The molecule has 10 heteroatoms. The average molecular weight is 448 g/mol. The van der Waals surface area contributed by atoms with E-state index < -0.39 is 10.0 Å². The van der Waals surface area contributed by atoms with E-state index in [4.69, 9.17) is 0 Å². The van der Waals surface area contributed by atoms with E-state index in [9.17, 15) is 13.2 Å². The molecule has 0 unspecified atom stereocenters. The van der Waals surface area contributed by atoms with Crippen molar-refractivity contribution in [2.24, 2.45) is 7.05 Å². The summed E-state index contributed by atoms with van der Waals surface area (Å²) >= 11 is 1.08. The number of hydrogen-bond donors (Lipinski definition) is 0. The Bertz CT molecular complexity index is 1250. The van der Waals surface area contributed by atoms with Crippen LogP contribution in [-0.4, -0.2) is 45.1 Å². The van der Waals surface area contributed by atoms with Gasteiger partial charge in [0.1, 0.15) is 11.6 Å². The van der Waals surface area contributed by atoms with Crippen LogP contribution in [0.2, 0.25) is 0 Å². The first-order valence-electron chi connectivity index (χ1n) is 10.5. The Morgan fingerprint density at radius 1 is 1.07 bits per heavy atom. The van der Waals surface area contributed by atoms with E-state index in [0.29, 0.717) is 17.8 Å². The predicted molar refractivity (Wildman–Crippen MR) is 115 cm³/mol. The number of thiazole rings is 1. The van der Waals surface area contributed by atoms with Crippen molar-refractivity contribution in [3.63, 3.8) is 0 Å². The van der Waals surface area contributed by atoms with Crippen molar-refractivity contribution >= 4 is 31.6 Å². The molecule has 1 aromatic carbocycles. The first-order chi connectivity index (χ1) is 14.4. The normalized spacial score (nSPS) is 19.1. The Labute approximate surface area is 179 Å². The van der Waals surface area contributed by atoms with E-state index in [1.807, 2.05) is 0 Å². The topological polar surface area (TPSA) is 90.1 Å². The Morgan fingerprint density at radius 2 is 1.87 bits per heavy atom. The lowest BCUT2D eigenvalue weighted by molar-refractivity contribution is 0.308. The quantitative estimate of drug-likeness (QED) is 0.615. The maximum absolute atomic E-state index is 13.2. The Hall–Kier alpha value is -2.04. The van der Waals surface area contributed by atoms with Crippen LogP contribution in [0.5, 0.6) is 0 Å². The van der Waals surface area contributed by atoms with Crippen molar-refractivity contribution in [3.8, 4) is 0 Å². The average Bonchev–Trinajstić information content (AvgIpc) is 3.18. The fraction of sp³-hybridized carbons (Fsp3) is 0.550. The largest absolute Gasteiger partial charge is 0.315 e. The molecule has 0 spiro atoms. The van der Waals surface area contributed by atoms with E-state index in [-0.39, 0.29) is 15.7 Å². The molecule has 2 aromatic heterocycles. The number of sulfonamides is 1. The van der Waals surface area contributed by atoms with Gasteiger partial charge in [0.15, 0.2) is 0 Å². The zero-order valence-electron chi connectivity index (χ0n) is 17.0. The number of rotatable bonds is 3. The van der Waals surface area contributed by atoms with Crippen LogP contribution in [0.25, 0.3) is 10.2 Å². The fourth-order valence-electron chi connectivity index (χ4n) is 4.59. The minimum absolute atomic E-state index is 0.0900. The van der Waals surface area contributed by atoms with E-state index >= 15 is 0 Å². The molecule has 0 radical (unpaired) electrons. The monoisotopic (exact) mass is 447 g/mol. The molecule has 5 rings (SSSR count). The van der Waals surface area contributed by atoms with Crippen LogP contribution in [0.1, 0.15) is 49.7 Å². The molecule has 0 amide bonds. The molecule has 2 aliphatic rings. The van der Waals surface area contributed by atoms with Gasteiger partial charge >= 0.3 is 4.87 Å². The van der Waals surface area contributed by atoms with Crippen molar-refractivity contribution in [1.82, 2.24) is 23.6 Å². The standard InChI is InChI=1S/C20H25N5O3S2/c1-23-16-7-6-15(13-17(16)29-20(23)26)30(27,28)24-11-8-14(9-12-24)19-22-21-18-5-3-2-4-10-25(18)19/h6-7,13-14H,2-5,8-12H2,1H3. The van der Waals surface area contributed by atoms with Crippen LogP contribution in [0.4, 0.5) is 0 Å². The van der Waals surface area contributed by atoms with E-state index in [1.54, 1.807) is 34.1 Å². The summed E-state index contributed by atoms with van der Waals surface area (Å²) in [5.74, 6) is 2.35. The SMILES string of the molecule is Cn1c(=O)sc2cc(S(=O)(=O)N3CCC(c4nnc5n4CCCCC5)CC3)ccc21. The van der Waals surface area contributed by atoms with Gasteiger partial charge in [-0.05, 0) is 43.9 Å². The zero-order valence-corrected chi connectivity index (χ0v) is 18.6. The zero-order chi connectivity index (χ0) is 20.9. The molecule has 4 heterocycles. The number of fused-ring (bicyclic) bond motifs is 2. The van der Waals surface area contributed by atoms with Gasteiger partial charge in [0, 0.05) is 39.0 Å². The fourth-order valence-corrected chi connectivity index (χ4v) is 7.08. The third kappa shape index (κ3) is 3.30. The van der Waals surface area contributed by atoms with Gasteiger partial charge in [-0.15, -0.1) is 10.2 Å². The maximum atomic E-state index is 13.2. The third-order valence-electron chi connectivity index (χ3n) is 6.36. The molecule has 160 valence electrons. The summed E-state index contributed by atoms with van der Waals surface area (Å²) in [4.78, 5) is 12.0. The lowest BCUT2D eigenvalue weighted by Gasteiger charge is -2.31. The third-order valence-corrected chi connectivity index (χ3v) is 9.25. The maximum Gasteiger partial charge on any atom is 0.307 e. The van der Waals surface area contributed by atoms with Crippen LogP contribution in [0, 0.1) is 0 Å². The molecule has 30 heavy (non-hydrogen) atoms. The molecule has 1 saturated heterocycles. The number of aromatic nitrogens is 4. The number of nitrogens with zero attached hydrogens (tertiary/aromatic N) is 5. The summed E-state index contributed by atoms with van der Waals surface area (Å²) in [6.45, 7) is 1.91. The molecule has 0 saturated carbocycles. The van der Waals surface area contributed by atoms with E-state index in [2.05, 4.69) is 14.8 Å². The molecule has 0 atom stereocenters. The second-order valence-electron chi connectivity index (χ2n) is 8.17. The number of hydrogen-bond acceptors (Lipinski definition) is 6. The lowest BCUT2D eigenvalue weighted by atomic mass is 9.97. The molecule has 0 aliphatic carbocycles. The van der Waals surface area contributed by atoms with Crippen molar-refractivity contribution < 1.29 is 8.42 Å². The Balaban J connectivity index is 1.35. The summed E-state index contributed by atoms with van der Waals surface area (Å²) < 4.78 is 32.5. The summed E-state index contributed by atoms with van der Waals surface area (Å²) in [6, 6.07) is 4.95. The molecule has 1 fully saturated rings. The van der Waals surface area contributed by atoms with Crippen LogP contribution in [-0.2, 0) is 30.0 Å². The van der Waals surface area contributed by atoms with Gasteiger partial charge in [0.05, 0.1) is 15.1 Å². The second kappa shape index (κ2) is 7.58. The predicted octanol–water partition coefficient (Wildman–Crippen LogP) is 2.49. The van der Waals surface area contributed by atoms with Crippen molar-refractivity contribution in [1.29, 1.82) is 0 Å². The molecular weight excluding hydrogens is 422 g/mol. The highest BCUT2D eigenvalue weighted by molar-refractivity contribution is 7.89. The minimum atomic E-state index is -3.59. The Morgan fingerprint density at radius 3 is 2.67 bits per heavy atom. The van der Waals surface area contributed by atoms with Crippen LogP contribution < -0.4 is 4.87 Å². The molecule has 2 aliphatic heterocycles. The molecule has 0 bridgehead atoms. The summed E-state index contributed by atoms with van der Waals surface area (Å²) in [5.41, 5.74) is 0.759. The summed E-state index contributed by atoms with van der Waals surface area (Å²) in [6.07, 6.45) is 6.01. The molecule has 8 nitrogen and oxygen atoms in total. The number of aryl methyl sites for hydroxylation is 2. The van der Waals surface area contributed by atoms with Gasteiger partial charge in [-0.2, -0.15) is 4.31 Å². The number of piperidine rings is 1. The van der Waals surface area contributed by atoms with Crippen LogP contribution in [0.3, 0.4) is 0 Å².